The molecule has 0 aliphatic heterocycles. The number of nitrogens with two attached hydrogens (primary N) is 1. The molecule has 4 nitrogen and oxygen atoms in total. The van der Waals surface area contributed by atoms with Crippen LogP contribution in [0.2, 0.25) is 0 Å². The zero-order chi connectivity index (χ0) is 12.2. The first-order valence-corrected chi connectivity index (χ1v) is 5.08. The molecule has 0 aromatic heterocycles. The van der Waals surface area contributed by atoms with E-state index >= 15 is 0 Å². The summed E-state index contributed by atoms with van der Waals surface area (Å²) in [5, 5.41) is 0. The van der Waals surface area contributed by atoms with Crippen LogP contribution >= 0.6 is 0 Å². The van der Waals surface area contributed by atoms with Crippen molar-refractivity contribution in [3.63, 3.8) is 0 Å². The summed E-state index contributed by atoms with van der Waals surface area (Å²) in [5.74, 6) is -1.18. The Balaban J connectivity index is 3.23. The third-order valence-corrected chi connectivity index (χ3v) is 2.45. The number of rotatable bonds is 4. The fourth-order valence-electron chi connectivity index (χ4n) is 1.65. The summed E-state index contributed by atoms with van der Waals surface area (Å²) in [4.78, 5) is 22.6. The number of benzene rings is 1. The molecule has 1 amide bonds. The third kappa shape index (κ3) is 2.21. The van der Waals surface area contributed by atoms with Gasteiger partial charge in [0.05, 0.1) is 0 Å². The van der Waals surface area contributed by atoms with Gasteiger partial charge < -0.3 is 10.5 Å². The van der Waals surface area contributed by atoms with Gasteiger partial charge in [0.2, 0.25) is 5.60 Å². The van der Waals surface area contributed by atoms with Gasteiger partial charge in [0.25, 0.3) is 5.91 Å². The highest BCUT2D eigenvalue weighted by molar-refractivity contribution is 5.87. The van der Waals surface area contributed by atoms with E-state index < -0.39 is 17.5 Å². The van der Waals surface area contributed by atoms with Crippen LogP contribution in [0.5, 0.6) is 0 Å². The average molecular weight is 221 g/mol. The highest BCUT2D eigenvalue weighted by Crippen LogP contribution is 2.29. The van der Waals surface area contributed by atoms with Crippen LogP contribution in [0.3, 0.4) is 0 Å². The maximum atomic E-state index is 11.5. The summed E-state index contributed by atoms with van der Waals surface area (Å²) in [6.07, 6.45) is 0.311. The maximum absolute atomic E-state index is 11.5. The molecule has 0 aliphatic carbocycles. The lowest BCUT2D eigenvalue weighted by Gasteiger charge is -2.29. The van der Waals surface area contributed by atoms with Crippen molar-refractivity contribution in [2.45, 2.75) is 25.9 Å². The number of ether oxygens (including phenoxy) is 1. The molecule has 1 unspecified atom stereocenters. The van der Waals surface area contributed by atoms with Crippen molar-refractivity contribution in [2.75, 3.05) is 0 Å². The van der Waals surface area contributed by atoms with E-state index in [0.29, 0.717) is 12.0 Å². The van der Waals surface area contributed by atoms with Gasteiger partial charge in [-0.15, -0.1) is 0 Å². The minimum atomic E-state index is -1.35. The average Bonchev–Trinajstić information content (AvgIpc) is 2.26. The van der Waals surface area contributed by atoms with Crippen molar-refractivity contribution in [1.82, 2.24) is 0 Å². The van der Waals surface area contributed by atoms with E-state index in [2.05, 4.69) is 0 Å². The van der Waals surface area contributed by atoms with Gasteiger partial charge in [-0.2, -0.15) is 0 Å². The van der Waals surface area contributed by atoms with Crippen molar-refractivity contribution < 1.29 is 14.3 Å². The normalized spacial score (nSPS) is 13.9. The molecule has 0 fully saturated rings. The zero-order valence-corrected chi connectivity index (χ0v) is 9.40. The number of carbonyl (C=O) groups is 2. The van der Waals surface area contributed by atoms with E-state index in [-0.39, 0.29) is 0 Å². The number of primary amides is 1. The Morgan fingerprint density at radius 2 is 1.88 bits per heavy atom. The number of esters is 1. The highest BCUT2D eigenvalue weighted by Gasteiger charge is 2.40. The van der Waals surface area contributed by atoms with E-state index in [1.807, 2.05) is 6.07 Å². The second-order valence-corrected chi connectivity index (χ2v) is 3.50. The van der Waals surface area contributed by atoms with Gasteiger partial charge in [0, 0.05) is 12.5 Å². The smallest absolute Gasteiger partial charge is 0.304 e. The summed E-state index contributed by atoms with van der Waals surface area (Å²) in [6, 6.07) is 8.80. The molecule has 0 saturated heterocycles. The predicted octanol–water partition coefficient (Wildman–Crippen LogP) is 1.34. The Morgan fingerprint density at radius 1 is 1.31 bits per heavy atom. The van der Waals surface area contributed by atoms with Crippen LogP contribution in [0.4, 0.5) is 0 Å². The largest absolute Gasteiger partial charge is 0.444 e. The number of amides is 1. The quantitative estimate of drug-likeness (QED) is 0.780. The van der Waals surface area contributed by atoms with Crippen molar-refractivity contribution in [2.24, 2.45) is 5.73 Å². The lowest BCUT2D eigenvalue weighted by molar-refractivity contribution is -0.167. The Hall–Kier alpha value is -1.84. The fraction of sp³-hybridized carbons (Fsp3) is 0.333. The Kier molecular flexibility index (Phi) is 3.66. The van der Waals surface area contributed by atoms with Gasteiger partial charge in [-0.05, 0) is 6.42 Å². The molecule has 1 rings (SSSR count). The zero-order valence-electron chi connectivity index (χ0n) is 9.40. The number of hydrogen-bond donors (Lipinski definition) is 1. The second kappa shape index (κ2) is 4.79. The van der Waals surface area contributed by atoms with Crippen LogP contribution in [0.25, 0.3) is 0 Å². The van der Waals surface area contributed by atoms with Crippen molar-refractivity contribution in [3.05, 3.63) is 35.9 Å². The summed E-state index contributed by atoms with van der Waals surface area (Å²) in [5.41, 5.74) is 4.59. The van der Waals surface area contributed by atoms with Crippen LogP contribution in [0.1, 0.15) is 25.8 Å². The van der Waals surface area contributed by atoms with E-state index in [9.17, 15) is 9.59 Å². The van der Waals surface area contributed by atoms with Crippen LogP contribution in [-0.2, 0) is 19.9 Å². The molecule has 16 heavy (non-hydrogen) atoms. The lowest BCUT2D eigenvalue weighted by Crippen LogP contribution is -2.44. The third-order valence-electron chi connectivity index (χ3n) is 2.45. The molecule has 1 aromatic rings. The molecule has 2 N–H and O–H groups in total. The van der Waals surface area contributed by atoms with Crippen LogP contribution in [-0.4, -0.2) is 11.9 Å². The van der Waals surface area contributed by atoms with E-state index in [0.717, 1.165) is 0 Å². The standard InChI is InChI=1S/C12H15NO3/c1-3-12(11(13)15,16-9(2)14)10-7-5-4-6-8-10/h4-8H,3H2,1-2H3,(H2,13,15). The Bertz CT molecular complexity index is 389. The Labute approximate surface area is 94.4 Å². The van der Waals surface area contributed by atoms with Gasteiger partial charge in [0.15, 0.2) is 0 Å². The van der Waals surface area contributed by atoms with E-state index in [4.69, 9.17) is 10.5 Å². The fourth-order valence-corrected chi connectivity index (χ4v) is 1.65. The van der Waals surface area contributed by atoms with Gasteiger partial charge in [-0.1, -0.05) is 37.3 Å². The summed E-state index contributed by atoms with van der Waals surface area (Å²) >= 11 is 0. The SMILES string of the molecule is CCC(OC(C)=O)(C(N)=O)c1ccccc1. The summed E-state index contributed by atoms with van der Waals surface area (Å²) < 4.78 is 5.12. The molecule has 0 spiro atoms. The van der Waals surface area contributed by atoms with Gasteiger partial charge in [-0.25, -0.2) is 0 Å². The molecule has 0 saturated carbocycles. The van der Waals surface area contributed by atoms with Crippen LogP contribution in [0.15, 0.2) is 30.3 Å². The minimum Gasteiger partial charge on any atom is -0.444 e. The number of hydrogen-bond acceptors (Lipinski definition) is 3. The van der Waals surface area contributed by atoms with E-state index in [1.54, 1.807) is 31.2 Å². The van der Waals surface area contributed by atoms with Gasteiger partial charge in [0.1, 0.15) is 0 Å². The first-order valence-electron chi connectivity index (χ1n) is 5.08. The highest BCUT2D eigenvalue weighted by atomic mass is 16.6. The van der Waals surface area contributed by atoms with Crippen LogP contribution < -0.4 is 5.73 Å². The van der Waals surface area contributed by atoms with Gasteiger partial charge >= 0.3 is 5.97 Å². The molecule has 0 aliphatic rings. The second-order valence-electron chi connectivity index (χ2n) is 3.50. The Morgan fingerprint density at radius 3 is 2.25 bits per heavy atom. The maximum Gasteiger partial charge on any atom is 0.304 e. The monoisotopic (exact) mass is 221 g/mol. The minimum absolute atomic E-state index is 0.311. The molecular weight excluding hydrogens is 206 g/mol. The first kappa shape index (κ1) is 12.2. The lowest BCUT2D eigenvalue weighted by atomic mass is 9.90. The molecule has 1 atom stereocenters. The van der Waals surface area contributed by atoms with Crippen molar-refractivity contribution >= 4 is 11.9 Å². The van der Waals surface area contributed by atoms with E-state index in [1.165, 1.54) is 6.92 Å². The molecule has 0 radical (unpaired) electrons. The first-order chi connectivity index (χ1) is 7.53. The predicted molar refractivity (Wildman–Crippen MR) is 59.4 cm³/mol. The number of carbonyl (C=O) groups excluding carboxylic acids is 2. The molecule has 4 heteroatoms. The van der Waals surface area contributed by atoms with Crippen LogP contribution in [0, 0.1) is 0 Å². The molecular formula is C12H15NO3. The molecule has 0 heterocycles. The summed E-state index contributed by atoms with van der Waals surface area (Å²) in [6.45, 7) is 3.01. The van der Waals surface area contributed by atoms with Gasteiger partial charge in [-0.3, -0.25) is 9.59 Å². The topological polar surface area (TPSA) is 69.4 Å². The molecule has 86 valence electrons. The van der Waals surface area contributed by atoms with Crippen molar-refractivity contribution in [3.8, 4) is 0 Å². The molecule has 0 bridgehead atoms. The van der Waals surface area contributed by atoms with Crippen molar-refractivity contribution in [1.29, 1.82) is 0 Å². The summed E-state index contributed by atoms with van der Waals surface area (Å²) in [7, 11) is 0. The molecule has 1 aromatic carbocycles.